The summed E-state index contributed by atoms with van der Waals surface area (Å²) in [5.74, 6) is 0.381. The molecule has 2 unspecified atom stereocenters. The Labute approximate surface area is 97.5 Å². The second-order valence-electron chi connectivity index (χ2n) is 4.81. The normalized spacial score (nSPS) is 30.1. The Balaban J connectivity index is 2.47. The molecule has 1 aliphatic rings. The third kappa shape index (κ3) is 4.77. The maximum Gasteiger partial charge on any atom is 0.306 e. The first-order chi connectivity index (χ1) is 7.59. The van der Waals surface area contributed by atoms with Crippen molar-refractivity contribution in [3.8, 4) is 0 Å². The van der Waals surface area contributed by atoms with Crippen LogP contribution in [0.5, 0.6) is 0 Å². The lowest BCUT2D eigenvalue weighted by atomic mass is 9.95. The molecule has 0 radical (unpaired) electrons. The highest BCUT2D eigenvalue weighted by atomic mass is 16.5. The Bertz CT molecular complexity index is 248. The zero-order chi connectivity index (χ0) is 12.0. The predicted octanol–water partition coefficient (Wildman–Crippen LogP) is 2.87. The van der Waals surface area contributed by atoms with Crippen LogP contribution in [0, 0.1) is 5.92 Å². The molecule has 3 nitrogen and oxygen atoms in total. The molecule has 1 rings (SSSR count). The maximum atomic E-state index is 11.7. The van der Waals surface area contributed by atoms with Gasteiger partial charge in [0.05, 0.1) is 6.10 Å². The van der Waals surface area contributed by atoms with Crippen LogP contribution in [0.15, 0.2) is 0 Å². The minimum Gasteiger partial charge on any atom is -0.463 e. The second kappa shape index (κ2) is 6.66. The molecular weight excluding hydrogens is 204 g/mol. The summed E-state index contributed by atoms with van der Waals surface area (Å²) in [6, 6.07) is 0. The Morgan fingerprint density at radius 2 is 1.69 bits per heavy atom. The van der Waals surface area contributed by atoms with E-state index in [1.807, 2.05) is 13.8 Å². The molecule has 0 N–H and O–H groups in total. The van der Waals surface area contributed by atoms with E-state index in [1.54, 1.807) is 0 Å². The van der Waals surface area contributed by atoms with E-state index < -0.39 is 0 Å². The molecule has 0 saturated carbocycles. The van der Waals surface area contributed by atoms with Crippen LogP contribution in [-0.4, -0.2) is 17.9 Å². The van der Waals surface area contributed by atoms with Gasteiger partial charge in [-0.05, 0) is 32.6 Å². The maximum absolute atomic E-state index is 11.7. The predicted molar refractivity (Wildman–Crippen MR) is 62.0 cm³/mol. The minimum absolute atomic E-state index is 0.0535. The number of hydrogen-bond donors (Lipinski definition) is 0. The highest BCUT2D eigenvalue weighted by Gasteiger charge is 2.17. The largest absolute Gasteiger partial charge is 0.463 e. The lowest BCUT2D eigenvalue weighted by Gasteiger charge is -2.17. The number of carbonyl (C=O) groups is 2. The lowest BCUT2D eigenvalue weighted by Crippen LogP contribution is -2.19. The zero-order valence-electron chi connectivity index (χ0n) is 10.3. The van der Waals surface area contributed by atoms with Gasteiger partial charge in [0.2, 0.25) is 0 Å². The number of ketones is 1. The van der Waals surface area contributed by atoms with E-state index in [0.717, 1.165) is 32.1 Å². The highest BCUT2D eigenvalue weighted by molar-refractivity contribution is 5.80. The van der Waals surface area contributed by atoms with Gasteiger partial charge in [0, 0.05) is 18.8 Å². The summed E-state index contributed by atoms with van der Waals surface area (Å²) in [4.78, 5) is 23.1. The van der Waals surface area contributed by atoms with Crippen LogP contribution in [0.4, 0.5) is 0 Å². The fraction of sp³-hybridized carbons (Fsp3) is 0.846. The molecule has 1 fully saturated rings. The van der Waals surface area contributed by atoms with Gasteiger partial charge in [-0.2, -0.15) is 0 Å². The standard InChI is InChI=1S/C13H22O3/c1-10-8-9-11(2)16-13(15)7-5-3-4-6-12(10)14/h10-11H,3-9H2,1-2H3. The number of rotatable bonds is 0. The molecular formula is C13H22O3. The summed E-state index contributed by atoms with van der Waals surface area (Å²) in [6.45, 7) is 3.88. The van der Waals surface area contributed by atoms with Crippen LogP contribution in [0.3, 0.4) is 0 Å². The topological polar surface area (TPSA) is 43.4 Å². The molecule has 0 aromatic rings. The molecule has 0 amide bonds. The monoisotopic (exact) mass is 226 g/mol. The highest BCUT2D eigenvalue weighted by Crippen LogP contribution is 2.17. The number of cyclic esters (lactones) is 1. The van der Waals surface area contributed by atoms with Gasteiger partial charge in [0.25, 0.3) is 0 Å². The van der Waals surface area contributed by atoms with Gasteiger partial charge < -0.3 is 4.74 Å². The SMILES string of the molecule is CC1CCC(C)C(=O)CCCCCC(=O)O1. The van der Waals surface area contributed by atoms with Crippen LogP contribution in [0.25, 0.3) is 0 Å². The molecule has 2 atom stereocenters. The number of esters is 1. The van der Waals surface area contributed by atoms with Gasteiger partial charge >= 0.3 is 5.97 Å². The van der Waals surface area contributed by atoms with Crippen molar-refractivity contribution in [3.05, 3.63) is 0 Å². The first-order valence-electron chi connectivity index (χ1n) is 6.32. The molecule has 0 aromatic carbocycles. The van der Waals surface area contributed by atoms with Gasteiger partial charge in [0.1, 0.15) is 5.78 Å². The Morgan fingerprint density at radius 3 is 2.44 bits per heavy atom. The minimum atomic E-state index is -0.0907. The van der Waals surface area contributed by atoms with Crippen molar-refractivity contribution in [2.24, 2.45) is 5.92 Å². The molecule has 0 aliphatic carbocycles. The van der Waals surface area contributed by atoms with Gasteiger partial charge in [-0.1, -0.05) is 13.3 Å². The van der Waals surface area contributed by atoms with Crippen LogP contribution in [0.2, 0.25) is 0 Å². The quantitative estimate of drug-likeness (QED) is 0.596. The summed E-state index contributed by atoms with van der Waals surface area (Å²) in [7, 11) is 0. The Morgan fingerprint density at radius 1 is 1.00 bits per heavy atom. The lowest BCUT2D eigenvalue weighted by molar-refractivity contribution is -0.148. The van der Waals surface area contributed by atoms with Gasteiger partial charge in [-0.15, -0.1) is 0 Å². The van der Waals surface area contributed by atoms with Crippen molar-refractivity contribution in [2.75, 3.05) is 0 Å². The second-order valence-corrected chi connectivity index (χ2v) is 4.81. The third-order valence-corrected chi connectivity index (χ3v) is 3.19. The van der Waals surface area contributed by atoms with Crippen LogP contribution >= 0.6 is 0 Å². The van der Waals surface area contributed by atoms with Crippen LogP contribution in [0.1, 0.15) is 58.8 Å². The van der Waals surface area contributed by atoms with Gasteiger partial charge in [-0.3, -0.25) is 9.59 Å². The van der Waals surface area contributed by atoms with E-state index in [1.165, 1.54) is 0 Å². The van der Waals surface area contributed by atoms with E-state index in [2.05, 4.69) is 0 Å². The number of carbonyl (C=O) groups excluding carboxylic acids is 2. The van der Waals surface area contributed by atoms with Crippen molar-refractivity contribution in [1.29, 1.82) is 0 Å². The van der Waals surface area contributed by atoms with E-state index >= 15 is 0 Å². The molecule has 1 heterocycles. The molecule has 3 heteroatoms. The number of hydrogen-bond acceptors (Lipinski definition) is 3. The summed E-state index contributed by atoms with van der Waals surface area (Å²) in [5, 5.41) is 0. The van der Waals surface area contributed by atoms with Gasteiger partial charge in [-0.25, -0.2) is 0 Å². The van der Waals surface area contributed by atoms with Crippen molar-refractivity contribution >= 4 is 11.8 Å². The zero-order valence-corrected chi connectivity index (χ0v) is 10.3. The first-order valence-corrected chi connectivity index (χ1v) is 6.32. The summed E-state index contributed by atoms with van der Waals surface area (Å²) in [5.41, 5.74) is 0. The molecule has 1 aliphatic heterocycles. The van der Waals surface area contributed by atoms with E-state index in [4.69, 9.17) is 4.74 Å². The number of Topliss-reactive ketones (excluding diaryl/α,β-unsaturated/α-hetero) is 1. The van der Waals surface area contributed by atoms with Crippen molar-refractivity contribution in [3.63, 3.8) is 0 Å². The summed E-state index contributed by atoms with van der Waals surface area (Å²) < 4.78 is 5.26. The van der Waals surface area contributed by atoms with Crippen molar-refractivity contribution in [2.45, 2.75) is 64.9 Å². The van der Waals surface area contributed by atoms with E-state index in [0.29, 0.717) is 18.6 Å². The molecule has 92 valence electrons. The molecule has 0 spiro atoms. The average molecular weight is 226 g/mol. The molecule has 1 saturated heterocycles. The summed E-state index contributed by atoms with van der Waals surface area (Å²) in [6.07, 6.45) is 5.42. The fourth-order valence-corrected chi connectivity index (χ4v) is 1.98. The van der Waals surface area contributed by atoms with Crippen molar-refractivity contribution in [1.82, 2.24) is 0 Å². The average Bonchev–Trinajstić information content (AvgIpc) is 2.23. The van der Waals surface area contributed by atoms with Crippen LogP contribution in [-0.2, 0) is 14.3 Å². The van der Waals surface area contributed by atoms with Gasteiger partial charge in [0.15, 0.2) is 0 Å². The first kappa shape index (κ1) is 13.2. The fourth-order valence-electron chi connectivity index (χ4n) is 1.98. The van der Waals surface area contributed by atoms with Crippen molar-refractivity contribution < 1.29 is 14.3 Å². The Kier molecular flexibility index (Phi) is 5.50. The van der Waals surface area contributed by atoms with Crippen LogP contribution < -0.4 is 0 Å². The van der Waals surface area contributed by atoms with E-state index in [9.17, 15) is 9.59 Å². The Hall–Kier alpha value is -0.860. The molecule has 16 heavy (non-hydrogen) atoms. The number of ether oxygens (including phenoxy) is 1. The molecule has 0 aromatic heterocycles. The smallest absolute Gasteiger partial charge is 0.306 e. The summed E-state index contributed by atoms with van der Waals surface area (Å²) >= 11 is 0. The molecule has 0 bridgehead atoms. The third-order valence-electron chi connectivity index (χ3n) is 3.19. The van der Waals surface area contributed by atoms with E-state index in [-0.39, 0.29) is 18.0 Å².